The highest BCUT2D eigenvalue weighted by Crippen LogP contribution is 2.28. The minimum atomic E-state index is -0.403. The minimum Gasteiger partial charge on any atom is -0.485 e. The first-order valence-electron chi connectivity index (χ1n) is 6.42. The zero-order chi connectivity index (χ0) is 14.7. The third-order valence-electron chi connectivity index (χ3n) is 3.13. The molecule has 0 aliphatic heterocycles. The fraction of sp³-hybridized carbons (Fsp3) is 0.357. The van der Waals surface area contributed by atoms with E-state index in [1.165, 1.54) is 12.1 Å². The van der Waals surface area contributed by atoms with Crippen molar-refractivity contribution in [3.63, 3.8) is 0 Å². The number of hydrogen-bond acceptors (Lipinski definition) is 3. The molecule has 4 nitrogen and oxygen atoms in total. The number of halogens is 2. The maximum absolute atomic E-state index is 13.4. The molecule has 1 unspecified atom stereocenters. The maximum atomic E-state index is 13.4. The summed E-state index contributed by atoms with van der Waals surface area (Å²) in [6.45, 7) is 4.46. The lowest BCUT2D eigenvalue weighted by molar-refractivity contribution is 0.298. The molecule has 0 saturated carbocycles. The lowest BCUT2D eigenvalue weighted by Crippen LogP contribution is -2.06. The van der Waals surface area contributed by atoms with Crippen molar-refractivity contribution >= 4 is 21.6 Å². The van der Waals surface area contributed by atoms with Crippen LogP contribution in [0.2, 0.25) is 0 Å². The number of anilines is 1. The van der Waals surface area contributed by atoms with Crippen molar-refractivity contribution in [3.8, 4) is 5.75 Å². The van der Waals surface area contributed by atoms with Crippen LogP contribution in [-0.2, 0) is 6.61 Å². The lowest BCUT2D eigenvalue weighted by Gasteiger charge is -2.10. The molecule has 1 aromatic carbocycles. The van der Waals surface area contributed by atoms with E-state index in [9.17, 15) is 4.39 Å². The Morgan fingerprint density at radius 1 is 1.50 bits per heavy atom. The van der Waals surface area contributed by atoms with E-state index >= 15 is 0 Å². The number of rotatable bonds is 5. The van der Waals surface area contributed by atoms with Crippen LogP contribution in [0.3, 0.4) is 0 Å². The highest BCUT2D eigenvalue weighted by molar-refractivity contribution is 9.10. The average Bonchev–Trinajstić information content (AvgIpc) is 2.89. The van der Waals surface area contributed by atoms with E-state index in [0.29, 0.717) is 22.0 Å². The number of aromatic nitrogens is 2. The van der Waals surface area contributed by atoms with Gasteiger partial charge in [-0.25, -0.2) is 4.39 Å². The van der Waals surface area contributed by atoms with Crippen molar-refractivity contribution in [1.29, 1.82) is 0 Å². The fourth-order valence-corrected chi connectivity index (χ4v) is 2.07. The molecular weight excluding hydrogens is 325 g/mol. The van der Waals surface area contributed by atoms with Crippen LogP contribution in [0.4, 0.5) is 10.1 Å². The van der Waals surface area contributed by atoms with Gasteiger partial charge in [0, 0.05) is 18.3 Å². The maximum Gasteiger partial charge on any atom is 0.145 e. The van der Waals surface area contributed by atoms with Gasteiger partial charge in [0.05, 0.1) is 15.9 Å². The van der Waals surface area contributed by atoms with Gasteiger partial charge in [0.25, 0.3) is 0 Å². The fourth-order valence-electron chi connectivity index (χ4n) is 1.71. The number of nitrogens with zero attached hydrogens (tertiary/aromatic N) is 2. The van der Waals surface area contributed by atoms with Gasteiger partial charge in [-0.3, -0.25) is 4.68 Å². The van der Waals surface area contributed by atoms with Gasteiger partial charge in [-0.1, -0.05) is 6.92 Å². The van der Waals surface area contributed by atoms with Crippen molar-refractivity contribution < 1.29 is 9.13 Å². The van der Waals surface area contributed by atoms with Gasteiger partial charge in [-0.15, -0.1) is 0 Å². The molecule has 20 heavy (non-hydrogen) atoms. The molecule has 1 atom stereocenters. The number of benzene rings is 1. The van der Waals surface area contributed by atoms with Gasteiger partial charge < -0.3 is 10.5 Å². The summed E-state index contributed by atoms with van der Waals surface area (Å²) in [4.78, 5) is 0. The van der Waals surface area contributed by atoms with E-state index in [-0.39, 0.29) is 6.61 Å². The second kappa shape index (κ2) is 6.26. The summed E-state index contributed by atoms with van der Waals surface area (Å²) < 4.78 is 21.2. The molecule has 0 radical (unpaired) electrons. The summed E-state index contributed by atoms with van der Waals surface area (Å²) >= 11 is 3.08. The zero-order valence-electron chi connectivity index (χ0n) is 11.4. The van der Waals surface area contributed by atoms with Crippen molar-refractivity contribution in [2.75, 3.05) is 5.73 Å². The van der Waals surface area contributed by atoms with Crippen molar-refractivity contribution in [2.45, 2.75) is 32.9 Å². The number of ether oxygens (including phenoxy) is 1. The van der Waals surface area contributed by atoms with E-state index in [2.05, 4.69) is 34.9 Å². The molecule has 0 fully saturated rings. The molecule has 2 aromatic rings. The molecule has 2 N–H and O–H groups in total. The van der Waals surface area contributed by atoms with Gasteiger partial charge >= 0.3 is 0 Å². The van der Waals surface area contributed by atoms with Crippen LogP contribution in [0.5, 0.6) is 5.75 Å². The molecule has 2 rings (SSSR count). The zero-order valence-corrected chi connectivity index (χ0v) is 13.0. The van der Waals surface area contributed by atoms with Crippen LogP contribution in [0.1, 0.15) is 32.0 Å². The molecule has 0 saturated heterocycles. The molecule has 6 heteroatoms. The van der Waals surface area contributed by atoms with Gasteiger partial charge in [-0.2, -0.15) is 5.10 Å². The molecule has 0 bridgehead atoms. The van der Waals surface area contributed by atoms with E-state index in [4.69, 9.17) is 10.5 Å². The number of nitrogens with two attached hydrogens (primary N) is 1. The molecule has 0 amide bonds. The van der Waals surface area contributed by atoms with E-state index < -0.39 is 5.82 Å². The summed E-state index contributed by atoms with van der Waals surface area (Å²) in [6, 6.07) is 4.99. The normalized spacial score (nSPS) is 12.4. The summed E-state index contributed by atoms with van der Waals surface area (Å²) in [6.07, 6.45) is 2.92. The van der Waals surface area contributed by atoms with Crippen LogP contribution >= 0.6 is 15.9 Å². The smallest absolute Gasteiger partial charge is 0.145 e. The Balaban J connectivity index is 2.05. The highest BCUT2D eigenvalue weighted by Gasteiger charge is 2.09. The molecule has 0 aliphatic carbocycles. The average molecular weight is 342 g/mol. The first-order chi connectivity index (χ1) is 9.51. The molecule has 1 heterocycles. The van der Waals surface area contributed by atoms with Crippen LogP contribution in [0, 0.1) is 5.82 Å². The molecule has 108 valence electrons. The van der Waals surface area contributed by atoms with E-state index in [1.807, 2.05) is 16.9 Å². The number of hydrogen-bond donors (Lipinski definition) is 1. The second-order valence-electron chi connectivity index (χ2n) is 4.64. The van der Waals surface area contributed by atoms with Crippen LogP contribution in [0.15, 0.2) is 28.9 Å². The van der Waals surface area contributed by atoms with Gasteiger partial charge in [0.2, 0.25) is 0 Å². The third-order valence-corrected chi connectivity index (χ3v) is 3.74. The van der Waals surface area contributed by atoms with Crippen LogP contribution in [-0.4, -0.2) is 9.78 Å². The minimum absolute atomic E-state index is 0.259. The first-order valence-corrected chi connectivity index (χ1v) is 7.22. The Kier molecular flexibility index (Phi) is 4.65. The monoisotopic (exact) mass is 341 g/mol. The standard InChI is InChI=1S/C14H17BrFN3O/c1-3-9(2)19-5-4-10(18-19)8-20-14-7-12(16)11(15)6-13(14)17/h4-7,9H,3,8,17H2,1-2H3. The molecular formula is C14H17BrFN3O. The quantitative estimate of drug-likeness (QED) is 0.838. The summed E-state index contributed by atoms with van der Waals surface area (Å²) in [7, 11) is 0. The molecule has 1 aromatic heterocycles. The summed E-state index contributed by atoms with van der Waals surface area (Å²) in [5.74, 6) is -0.0804. The predicted octanol–water partition coefficient (Wildman–Crippen LogP) is 3.92. The Morgan fingerprint density at radius 3 is 2.95 bits per heavy atom. The van der Waals surface area contributed by atoms with Gasteiger partial charge in [0.15, 0.2) is 0 Å². The van der Waals surface area contributed by atoms with E-state index in [1.54, 1.807) is 0 Å². The molecule has 0 spiro atoms. The summed E-state index contributed by atoms with van der Waals surface area (Å²) in [5.41, 5.74) is 6.96. The van der Waals surface area contributed by atoms with E-state index in [0.717, 1.165) is 12.1 Å². The Labute approximate surface area is 125 Å². The number of nitrogen functional groups attached to an aromatic ring is 1. The Morgan fingerprint density at radius 2 is 2.25 bits per heavy atom. The Bertz CT molecular complexity index is 600. The van der Waals surface area contributed by atoms with Crippen molar-refractivity contribution in [2.24, 2.45) is 0 Å². The predicted molar refractivity (Wildman–Crippen MR) is 80.1 cm³/mol. The van der Waals surface area contributed by atoms with Crippen LogP contribution < -0.4 is 10.5 Å². The van der Waals surface area contributed by atoms with Crippen molar-refractivity contribution in [1.82, 2.24) is 9.78 Å². The highest BCUT2D eigenvalue weighted by atomic mass is 79.9. The molecule has 0 aliphatic rings. The van der Waals surface area contributed by atoms with Gasteiger partial charge in [-0.05, 0) is 41.4 Å². The van der Waals surface area contributed by atoms with Gasteiger partial charge in [0.1, 0.15) is 18.2 Å². The largest absolute Gasteiger partial charge is 0.485 e. The SMILES string of the molecule is CCC(C)n1ccc(COc2cc(F)c(Br)cc2N)n1. The lowest BCUT2D eigenvalue weighted by atomic mass is 10.3. The van der Waals surface area contributed by atoms with Crippen LogP contribution in [0.25, 0.3) is 0 Å². The third kappa shape index (κ3) is 3.30. The van der Waals surface area contributed by atoms with Crippen molar-refractivity contribution in [3.05, 3.63) is 40.4 Å². The summed E-state index contributed by atoms with van der Waals surface area (Å²) in [5, 5.41) is 4.41. The topological polar surface area (TPSA) is 53.1 Å². The first kappa shape index (κ1) is 14.8. The Hall–Kier alpha value is -1.56. The second-order valence-corrected chi connectivity index (χ2v) is 5.49.